The third kappa shape index (κ3) is 5.78. The molecule has 0 aliphatic carbocycles. The second kappa shape index (κ2) is 11.0. The topological polar surface area (TPSA) is 58.3 Å². The number of likely N-dealkylation sites (tertiary alicyclic amines) is 1. The average Bonchev–Trinajstić information content (AvgIpc) is 3.18. The first-order valence-electron chi connectivity index (χ1n) is 9.87. The first-order valence-corrected chi connectivity index (χ1v) is 10.3. The van der Waals surface area contributed by atoms with Gasteiger partial charge in [-0.1, -0.05) is 50.6 Å². The van der Waals surface area contributed by atoms with Gasteiger partial charge in [0, 0.05) is 19.1 Å². The lowest BCUT2D eigenvalue weighted by atomic mass is 10.0. The number of aromatic nitrogens is 4. The van der Waals surface area contributed by atoms with E-state index in [0.29, 0.717) is 17.1 Å². The summed E-state index contributed by atoms with van der Waals surface area (Å²) in [5, 5.41) is 16.4. The number of hydrogen-bond donors (Lipinski definition) is 1. The number of nitrogens with zero attached hydrogens (tertiary/aromatic N) is 5. The van der Waals surface area contributed by atoms with Crippen LogP contribution < -0.4 is 5.32 Å². The highest BCUT2D eigenvalue weighted by molar-refractivity contribution is 6.32. The smallest absolute Gasteiger partial charge is 0.244 e. The Hall–Kier alpha value is -1.92. The molecule has 0 aromatic carbocycles. The zero-order valence-corrected chi connectivity index (χ0v) is 17.6. The van der Waals surface area contributed by atoms with E-state index in [1.807, 2.05) is 19.9 Å². The molecule has 0 bridgehead atoms. The Labute approximate surface area is 167 Å². The zero-order valence-electron chi connectivity index (χ0n) is 16.8. The lowest BCUT2D eigenvalue weighted by Crippen LogP contribution is -2.43. The quantitative estimate of drug-likeness (QED) is 0.731. The van der Waals surface area contributed by atoms with Gasteiger partial charge in [-0.2, -0.15) is 9.61 Å². The summed E-state index contributed by atoms with van der Waals surface area (Å²) in [5.74, 6) is 0.647. The molecule has 1 atom stereocenters. The molecule has 0 radical (unpaired) electrons. The fourth-order valence-corrected chi connectivity index (χ4v) is 3.50. The van der Waals surface area contributed by atoms with E-state index < -0.39 is 0 Å². The van der Waals surface area contributed by atoms with Crippen LogP contribution >= 0.6 is 11.6 Å². The molecule has 1 aliphatic heterocycles. The molecule has 3 rings (SSSR count). The maximum Gasteiger partial charge on any atom is 0.244 e. The molecule has 1 N–H and O–H groups in total. The minimum atomic E-state index is 0.324. The van der Waals surface area contributed by atoms with E-state index in [9.17, 15) is 0 Å². The van der Waals surface area contributed by atoms with Crippen molar-refractivity contribution in [2.24, 2.45) is 0 Å². The van der Waals surface area contributed by atoms with Gasteiger partial charge in [0.1, 0.15) is 5.52 Å². The van der Waals surface area contributed by atoms with E-state index in [4.69, 9.17) is 11.6 Å². The van der Waals surface area contributed by atoms with Gasteiger partial charge in [0.05, 0.1) is 6.20 Å². The van der Waals surface area contributed by atoms with E-state index >= 15 is 0 Å². The fraction of sp³-hybridized carbons (Fsp3) is 0.550. The maximum atomic E-state index is 6.07. The Morgan fingerprint density at radius 1 is 1.37 bits per heavy atom. The molecule has 27 heavy (non-hydrogen) atoms. The van der Waals surface area contributed by atoms with Crippen LogP contribution in [0.15, 0.2) is 36.1 Å². The van der Waals surface area contributed by atoms with Crippen molar-refractivity contribution in [2.75, 3.05) is 25.0 Å². The van der Waals surface area contributed by atoms with Crippen LogP contribution in [0.2, 0.25) is 5.15 Å². The number of fused-ring (bicyclic) bond motifs is 1. The number of rotatable bonds is 6. The van der Waals surface area contributed by atoms with Crippen LogP contribution in [0.1, 0.15) is 47.0 Å². The third-order valence-electron chi connectivity index (χ3n) is 4.38. The second-order valence-electron chi connectivity index (χ2n) is 6.35. The summed E-state index contributed by atoms with van der Waals surface area (Å²) >= 11 is 6.07. The summed E-state index contributed by atoms with van der Waals surface area (Å²) in [5.41, 5.74) is 2.15. The number of halogens is 1. The average molecular weight is 391 g/mol. The van der Waals surface area contributed by atoms with Gasteiger partial charge in [-0.25, -0.2) is 0 Å². The van der Waals surface area contributed by atoms with Gasteiger partial charge in [-0.05, 0) is 44.4 Å². The summed E-state index contributed by atoms with van der Waals surface area (Å²) in [6, 6.07) is 2.17. The molecule has 7 heteroatoms. The van der Waals surface area contributed by atoms with Crippen molar-refractivity contribution in [2.45, 2.75) is 53.0 Å². The molecular weight excluding hydrogens is 360 g/mol. The Balaban J connectivity index is 0.00000126. The van der Waals surface area contributed by atoms with Gasteiger partial charge in [-0.3, -0.25) is 4.90 Å². The van der Waals surface area contributed by atoms with Crippen LogP contribution in [0.5, 0.6) is 0 Å². The Morgan fingerprint density at radius 2 is 2.19 bits per heavy atom. The van der Waals surface area contributed by atoms with Gasteiger partial charge >= 0.3 is 0 Å². The largest absolute Gasteiger partial charge is 0.349 e. The highest BCUT2D eigenvalue weighted by Gasteiger charge is 2.21. The van der Waals surface area contributed by atoms with E-state index in [1.165, 1.54) is 5.57 Å². The molecule has 0 saturated carbocycles. The third-order valence-corrected chi connectivity index (χ3v) is 4.65. The van der Waals surface area contributed by atoms with Crippen molar-refractivity contribution in [3.05, 3.63) is 41.2 Å². The van der Waals surface area contributed by atoms with Crippen LogP contribution in [-0.4, -0.2) is 50.4 Å². The first kappa shape index (κ1) is 21.4. The molecule has 0 spiro atoms. The van der Waals surface area contributed by atoms with Gasteiger partial charge in [0.25, 0.3) is 0 Å². The normalized spacial score (nSPS) is 18.6. The van der Waals surface area contributed by atoms with Crippen molar-refractivity contribution in [3.63, 3.8) is 0 Å². The van der Waals surface area contributed by atoms with E-state index in [-0.39, 0.29) is 0 Å². The number of hydrogen-bond acceptors (Lipinski definition) is 5. The monoisotopic (exact) mass is 390 g/mol. The summed E-state index contributed by atoms with van der Waals surface area (Å²) in [6.45, 7) is 11.3. The van der Waals surface area contributed by atoms with Crippen molar-refractivity contribution >= 4 is 23.1 Å². The van der Waals surface area contributed by atoms with Crippen LogP contribution in [0.25, 0.3) is 5.52 Å². The van der Waals surface area contributed by atoms with E-state index in [1.54, 1.807) is 10.7 Å². The van der Waals surface area contributed by atoms with E-state index in [2.05, 4.69) is 57.6 Å². The maximum absolute atomic E-state index is 6.07. The molecule has 0 amide bonds. The lowest BCUT2D eigenvalue weighted by molar-refractivity contribution is 0.233. The summed E-state index contributed by atoms with van der Waals surface area (Å²) in [4.78, 5) is 2.49. The molecule has 1 fully saturated rings. The molecular formula is C20H31ClN6. The lowest BCUT2D eigenvalue weighted by Gasteiger charge is -2.33. The highest BCUT2D eigenvalue weighted by atomic mass is 35.5. The molecule has 1 saturated heterocycles. The SMILES string of the molecule is C/C=C\C(=C/CC)CN1CCCC(Nc2nnc(Cl)c3ccnn23)C1.CC. The summed E-state index contributed by atoms with van der Waals surface area (Å²) in [7, 11) is 0. The minimum absolute atomic E-state index is 0.324. The molecule has 3 heterocycles. The van der Waals surface area contributed by atoms with Crippen LogP contribution in [-0.2, 0) is 0 Å². The zero-order chi connectivity index (χ0) is 19.6. The van der Waals surface area contributed by atoms with Crippen LogP contribution in [0.4, 0.5) is 5.95 Å². The highest BCUT2D eigenvalue weighted by Crippen LogP contribution is 2.19. The number of piperidine rings is 1. The van der Waals surface area contributed by atoms with E-state index in [0.717, 1.165) is 44.4 Å². The van der Waals surface area contributed by atoms with Crippen molar-refractivity contribution < 1.29 is 0 Å². The summed E-state index contributed by atoms with van der Waals surface area (Å²) in [6.07, 6.45) is 11.7. The molecule has 148 valence electrons. The molecule has 6 nitrogen and oxygen atoms in total. The molecule has 2 aromatic rings. The standard InChI is InChI=1S/C18H25ClN6.C2H6/c1-3-6-14(7-4-2)12-24-11-5-8-15(13-24)21-18-23-22-17(19)16-9-10-20-25(16)18;1-2/h3,6-7,9-10,15H,4-5,8,11-13H2,1-2H3,(H,21,23);1-2H3/b6-3-,14-7+;. The first-order chi connectivity index (χ1) is 13.2. The second-order valence-corrected chi connectivity index (χ2v) is 6.71. The number of allylic oxidation sites excluding steroid dienone is 2. The fourth-order valence-electron chi connectivity index (χ4n) is 3.32. The number of anilines is 1. The molecule has 1 aliphatic rings. The van der Waals surface area contributed by atoms with Crippen molar-refractivity contribution in [3.8, 4) is 0 Å². The van der Waals surface area contributed by atoms with Crippen molar-refractivity contribution in [1.82, 2.24) is 24.7 Å². The number of nitrogens with one attached hydrogen (secondary N) is 1. The molecule has 2 aromatic heterocycles. The summed E-state index contributed by atoms with van der Waals surface area (Å²) < 4.78 is 1.72. The van der Waals surface area contributed by atoms with Gasteiger partial charge < -0.3 is 5.32 Å². The predicted molar refractivity (Wildman–Crippen MR) is 113 cm³/mol. The van der Waals surface area contributed by atoms with Gasteiger partial charge in [0.2, 0.25) is 5.95 Å². The van der Waals surface area contributed by atoms with Crippen molar-refractivity contribution in [1.29, 1.82) is 0 Å². The van der Waals surface area contributed by atoms with Crippen LogP contribution in [0, 0.1) is 0 Å². The van der Waals surface area contributed by atoms with Crippen LogP contribution in [0.3, 0.4) is 0 Å². The Kier molecular flexibility index (Phi) is 8.75. The molecule has 1 unspecified atom stereocenters. The Bertz CT molecular complexity index is 767. The minimum Gasteiger partial charge on any atom is -0.349 e. The van der Waals surface area contributed by atoms with Gasteiger partial charge in [0.15, 0.2) is 5.15 Å². The predicted octanol–water partition coefficient (Wildman–Crippen LogP) is 4.59. The van der Waals surface area contributed by atoms with Gasteiger partial charge in [-0.15, -0.1) is 10.2 Å². The Morgan fingerprint density at radius 3 is 2.93 bits per heavy atom.